The zero-order chi connectivity index (χ0) is 22.0. The Labute approximate surface area is 181 Å². The summed E-state index contributed by atoms with van der Waals surface area (Å²) < 4.78 is 6.81. The van der Waals surface area contributed by atoms with Crippen molar-refractivity contribution in [3.8, 4) is 0 Å². The van der Waals surface area contributed by atoms with Crippen molar-refractivity contribution in [2.24, 2.45) is 0 Å². The Morgan fingerprint density at radius 3 is 2.58 bits per heavy atom. The van der Waals surface area contributed by atoms with Crippen LogP contribution in [0.15, 0.2) is 65.7 Å². The summed E-state index contributed by atoms with van der Waals surface area (Å²) in [7, 11) is 0. The van der Waals surface area contributed by atoms with Gasteiger partial charge in [0.1, 0.15) is 16.3 Å². The standard InChI is InChI=1S/C23H18N2O5S/c1-14-18-20(31-19(14)23(29)30-12-15-6-3-2-4-7-15)24-13-25(21(18)26)11-16-8-5-9-17(10-16)22(27)28/h2-10,13H,11-12H2,1H3,(H,27,28). The molecular weight excluding hydrogens is 416 g/mol. The summed E-state index contributed by atoms with van der Waals surface area (Å²) in [4.78, 5) is 42.0. The molecule has 2 aromatic carbocycles. The van der Waals surface area contributed by atoms with Gasteiger partial charge >= 0.3 is 11.9 Å². The summed E-state index contributed by atoms with van der Waals surface area (Å²) in [6.07, 6.45) is 1.41. The molecule has 0 unspecified atom stereocenters. The molecule has 8 heteroatoms. The third kappa shape index (κ3) is 4.24. The summed E-state index contributed by atoms with van der Waals surface area (Å²) in [5, 5.41) is 9.52. The number of aromatic nitrogens is 2. The molecule has 0 saturated heterocycles. The monoisotopic (exact) mass is 434 g/mol. The van der Waals surface area contributed by atoms with Crippen molar-refractivity contribution >= 4 is 33.5 Å². The first-order chi connectivity index (χ1) is 14.9. The van der Waals surface area contributed by atoms with Gasteiger partial charge in [-0.15, -0.1) is 11.3 Å². The summed E-state index contributed by atoms with van der Waals surface area (Å²) in [6.45, 7) is 2.02. The fourth-order valence-corrected chi connectivity index (χ4v) is 4.29. The number of carboxylic acid groups (broad SMARTS) is 1. The minimum Gasteiger partial charge on any atom is -0.478 e. The molecule has 2 heterocycles. The number of carbonyl (C=O) groups excluding carboxylic acids is 1. The first-order valence-corrected chi connectivity index (χ1v) is 10.3. The number of aryl methyl sites for hydroxylation is 1. The third-order valence-corrected chi connectivity index (χ3v) is 6.02. The topological polar surface area (TPSA) is 98.5 Å². The van der Waals surface area contributed by atoms with Crippen LogP contribution >= 0.6 is 11.3 Å². The van der Waals surface area contributed by atoms with Gasteiger partial charge in [0.05, 0.1) is 23.8 Å². The van der Waals surface area contributed by atoms with E-state index in [-0.39, 0.29) is 24.3 Å². The van der Waals surface area contributed by atoms with Crippen LogP contribution in [-0.2, 0) is 17.9 Å². The number of carbonyl (C=O) groups is 2. The third-order valence-electron chi connectivity index (χ3n) is 4.84. The van der Waals surface area contributed by atoms with Gasteiger partial charge in [0.2, 0.25) is 0 Å². The first kappa shape index (κ1) is 20.5. The van der Waals surface area contributed by atoms with Crippen LogP contribution in [0.2, 0.25) is 0 Å². The van der Waals surface area contributed by atoms with Gasteiger partial charge in [0.25, 0.3) is 5.56 Å². The predicted octanol–water partition coefficient (Wildman–Crippen LogP) is 3.87. The smallest absolute Gasteiger partial charge is 0.349 e. The molecule has 7 nitrogen and oxygen atoms in total. The molecule has 0 saturated carbocycles. The van der Waals surface area contributed by atoms with E-state index in [1.807, 2.05) is 30.3 Å². The molecule has 0 fully saturated rings. The average Bonchev–Trinajstić information content (AvgIpc) is 3.12. The number of fused-ring (bicyclic) bond motifs is 1. The lowest BCUT2D eigenvalue weighted by Crippen LogP contribution is -2.21. The summed E-state index contributed by atoms with van der Waals surface area (Å²) in [5.74, 6) is -1.53. The SMILES string of the molecule is Cc1c(C(=O)OCc2ccccc2)sc2ncn(Cc3cccc(C(=O)O)c3)c(=O)c12. The maximum Gasteiger partial charge on any atom is 0.349 e. The van der Waals surface area contributed by atoms with Crippen LogP contribution < -0.4 is 5.56 Å². The molecule has 0 atom stereocenters. The molecule has 31 heavy (non-hydrogen) atoms. The highest BCUT2D eigenvalue weighted by Crippen LogP contribution is 2.27. The lowest BCUT2D eigenvalue weighted by atomic mass is 10.1. The van der Waals surface area contributed by atoms with Crippen molar-refractivity contribution in [3.63, 3.8) is 0 Å². The van der Waals surface area contributed by atoms with Gasteiger partial charge in [-0.2, -0.15) is 0 Å². The van der Waals surface area contributed by atoms with Crippen molar-refractivity contribution in [1.82, 2.24) is 9.55 Å². The highest BCUT2D eigenvalue weighted by Gasteiger charge is 2.21. The molecule has 0 bridgehead atoms. The van der Waals surface area contributed by atoms with E-state index in [9.17, 15) is 14.4 Å². The van der Waals surface area contributed by atoms with E-state index in [1.54, 1.807) is 19.1 Å². The lowest BCUT2D eigenvalue weighted by molar-refractivity contribution is 0.0477. The Bertz CT molecular complexity index is 1340. The molecule has 1 N–H and O–H groups in total. The first-order valence-electron chi connectivity index (χ1n) is 9.46. The second-order valence-electron chi connectivity index (χ2n) is 6.98. The van der Waals surface area contributed by atoms with E-state index in [1.165, 1.54) is 23.0 Å². The number of aromatic carboxylic acids is 1. The van der Waals surface area contributed by atoms with E-state index in [4.69, 9.17) is 9.84 Å². The number of rotatable bonds is 6. The zero-order valence-electron chi connectivity index (χ0n) is 16.6. The van der Waals surface area contributed by atoms with Gasteiger partial charge in [-0.3, -0.25) is 9.36 Å². The van der Waals surface area contributed by atoms with Crippen LogP contribution in [0.4, 0.5) is 0 Å². The summed E-state index contributed by atoms with van der Waals surface area (Å²) >= 11 is 1.13. The fourth-order valence-electron chi connectivity index (χ4n) is 3.25. The Morgan fingerprint density at radius 2 is 1.84 bits per heavy atom. The van der Waals surface area contributed by atoms with E-state index >= 15 is 0 Å². The summed E-state index contributed by atoms with van der Waals surface area (Å²) in [6, 6.07) is 15.7. The highest BCUT2D eigenvalue weighted by atomic mass is 32.1. The van der Waals surface area contributed by atoms with Crippen LogP contribution in [0.1, 0.15) is 36.7 Å². The van der Waals surface area contributed by atoms with Gasteiger partial charge in [-0.05, 0) is 35.7 Å². The fraction of sp³-hybridized carbons (Fsp3) is 0.130. The van der Waals surface area contributed by atoms with E-state index in [2.05, 4.69) is 4.98 Å². The maximum absolute atomic E-state index is 13.0. The number of hydrogen-bond acceptors (Lipinski definition) is 6. The van der Waals surface area contributed by atoms with Crippen LogP contribution in [-0.4, -0.2) is 26.6 Å². The number of hydrogen-bond donors (Lipinski definition) is 1. The van der Waals surface area contributed by atoms with Crippen LogP contribution in [0.3, 0.4) is 0 Å². The minimum atomic E-state index is -1.03. The molecule has 0 aliphatic heterocycles. The summed E-state index contributed by atoms with van der Waals surface area (Å²) in [5.41, 5.74) is 1.93. The van der Waals surface area contributed by atoms with Crippen LogP contribution in [0.25, 0.3) is 10.2 Å². The van der Waals surface area contributed by atoms with E-state index < -0.39 is 11.9 Å². The van der Waals surface area contributed by atoms with E-state index in [0.717, 1.165) is 16.9 Å². The maximum atomic E-state index is 13.0. The lowest BCUT2D eigenvalue weighted by Gasteiger charge is -2.06. The Balaban J connectivity index is 1.62. The molecule has 156 valence electrons. The van der Waals surface area contributed by atoms with E-state index in [0.29, 0.717) is 26.2 Å². The van der Waals surface area contributed by atoms with Gasteiger partial charge in [0, 0.05) is 0 Å². The largest absolute Gasteiger partial charge is 0.478 e. The van der Waals surface area contributed by atoms with Gasteiger partial charge in [0.15, 0.2) is 0 Å². The number of ether oxygens (including phenoxy) is 1. The molecule has 4 aromatic rings. The molecular formula is C23H18N2O5S. The number of thiophene rings is 1. The number of carboxylic acids is 1. The Morgan fingerprint density at radius 1 is 1.10 bits per heavy atom. The van der Waals surface area contributed by atoms with Crippen molar-refractivity contribution in [3.05, 3.63) is 98.4 Å². The molecule has 0 amide bonds. The number of esters is 1. The van der Waals surface area contributed by atoms with Crippen LogP contribution in [0.5, 0.6) is 0 Å². The second-order valence-corrected chi connectivity index (χ2v) is 7.98. The molecule has 0 aliphatic carbocycles. The van der Waals surface area contributed by atoms with Crippen molar-refractivity contribution in [2.75, 3.05) is 0 Å². The normalized spacial score (nSPS) is 10.9. The van der Waals surface area contributed by atoms with Crippen molar-refractivity contribution in [2.45, 2.75) is 20.1 Å². The van der Waals surface area contributed by atoms with Crippen molar-refractivity contribution < 1.29 is 19.4 Å². The predicted molar refractivity (Wildman–Crippen MR) is 117 cm³/mol. The molecule has 4 rings (SSSR count). The quantitative estimate of drug-likeness (QED) is 0.463. The van der Waals surface area contributed by atoms with Crippen LogP contribution in [0, 0.1) is 6.92 Å². The van der Waals surface area contributed by atoms with Crippen molar-refractivity contribution in [1.29, 1.82) is 0 Å². The Hall–Kier alpha value is -3.78. The number of benzene rings is 2. The second kappa shape index (κ2) is 8.53. The number of nitrogens with zero attached hydrogens (tertiary/aromatic N) is 2. The average molecular weight is 434 g/mol. The molecule has 0 spiro atoms. The highest BCUT2D eigenvalue weighted by molar-refractivity contribution is 7.20. The zero-order valence-corrected chi connectivity index (χ0v) is 17.4. The molecule has 0 aliphatic rings. The van der Waals surface area contributed by atoms with Gasteiger partial charge in [-0.25, -0.2) is 14.6 Å². The van der Waals surface area contributed by atoms with Gasteiger partial charge < -0.3 is 9.84 Å². The molecule has 0 radical (unpaired) electrons. The molecule has 2 aromatic heterocycles. The van der Waals surface area contributed by atoms with Gasteiger partial charge in [-0.1, -0.05) is 42.5 Å². The Kier molecular flexibility index (Phi) is 5.64. The minimum absolute atomic E-state index is 0.144.